The third-order valence-corrected chi connectivity index (χ3v) is 4.65. The fourth-order valence-corrected chi connectivity index (χ4v) is 3.27. The number of nitriles is 1. The highest BCUT2D eigenvalue weighted by atomic mass is 35.5. The zero-order chi connectivity index (χ0) is 14.5. The highest BCUT2D eigenvalue weighted by Crippen LogP contribution is 2.31. The molecule has 1 saturated carbocycles. The van der Waals surface area contributed by atoms with Crippen molar-refractivity contribution < 1.29 is 0 Å². The summed E-state index contributed by atoms with van der Waals surface area (Å²) in [5, 5.41) is 13.4. The van der Waals surface area contributed by atoms with Crippen molar-refractivity contribution in [1.82, 2.24) is 0 Å². The van der Waals surface area contributed by atoms with Crippen LogP contribution in [0.5, 0.6) is 0 Å². The van der Waals surface area contributed by atoms with Crippen molar-refractivity contribution in [3.05, 3.63) is 28.8 Å². The minimum absolute atomic E-state index is 0.462. The van der Waals surface area contributed by atoms with Crippen molar-refractivity contribution in [1.29, 1.82) is 5.26 Å². The molecule has 0 aliphatic heterocycles. The highest BCUT2D eigenvalue weighted by molar-refractivity contribution is 6.30. The van der Waals surface area contributed by atoms with Crippen LogP contribution in [0.25, 0.3) is 0 Å². The molecule has 0 spiro atoms. The van der Waals surface area contributed by atoms with Crippen LogP contribution in [0, 0.1) is 23.2 Å². The van der Waals surface area contributed by atoms with Crippen LogP contribution in [0.2, 0.25) is 5.02 Å². The molecule has 2 nitrogen and oxygen atoms in total. The number of hydrogen-bond donors (Lipinski definition) is 1. The predicted octanol–water partition coefficient (Wildman–Crippen LogP) is 5.23. The van der Waals surface area contributed by atoms with E-state index in [4.69, 9.17) is 11.6 Å². The summed E-state index contributed by atoms with van der Waals surface area (Å²) >= 11 is 6.04. The van der Waals surface area contributed by atoms with Crippen molar-refractivity contribution in [2.24, 2.45) is 11.8 Å². The van der Waals surface area contributed by atoms with Gasteiger partial charge < -0.3 is 5.32 Å². The normalized spacial score (nSPS) is 23.1. The molecule has 0 aromatic heterocycles. The van der Waals surface area contributed by atoms with Gasteiger partial charge in [0.15, 0.2) is 0 Å². The molecule has 1 fully saturated rings. The van der Waals surface area contributed by atoms with Crippen LogP contribution in [-0.4, -0.2) is 6.04 Å². The summed E-state index contributed by atoms with van der Waals surface area (Å²) in [7, 11) is 0. The molecule has 1 aromatic carbocycles. The van der Waals surface area contributed by atoms with Crippen LogP contribution in [-0.2, 0) is 0 Å². The van der Waals surface area contributed by atoms with Crippen molar-refractivity contribution >= 4 is 17.3 Å². The van der Waals surface area contributed by atoms with Gasteiger partial charge in [-0.3, -0.25) is 0 Å². The van der Waals surface area contributed by atoms with E-state index in [1.54, 1.807) is 12.1 Å². The van der Waals surface area contributed by atoms with Gasteiger partial charge in [-0.25, -0.2) is 0 Å². The van der Waals surface area contributed by atoms with Crippen molar-refractivity contribution in [3.8, 4) is 6.07 Å². The van der Waals surface area contributed by atoms with E-state index in [1.165, 1.54) is 32.1 Å². The zero-order valence-corrected chi connectivity index (χ0v) is 13.1. The van der Waals surface area contributed by atoms with Crippen LogP contribution in [0.4, 0.5) is 5.69 Å². The van der Waals surface area contributed by atoms with Gasteiger partial charge in [0.2, 0.25) is 0 Å². The van der Waals surface area contributed by atoms with E-state index in [-0.39, 0.29) is 0 Å². The Bertz CT molecular complexity index is 490. The van der Waals surface area contributed by atoms with Gasteiger partial charge in [0, 0.05) is 11.1 Å². The van der Waals surface area contributed by atoms with Crippen molar-refractivity contribution in [2.75, 3.05) is 5.32 Å². The molecule has 0 radical (unpaired) electrons. The number of halogens is 1. The van der Waals surface area contributed by atoms with Gasteiger partial charge in [0.1, 0.15) is 6.07 Å². The Balaban J connectivity index is 2.04. The van der Waals surface area contributed by atoms with Gasteiger partial charge in [-0.2, -0.15) is 5.26 Å². The first-order valence-corrected chi connectivity index (χ1v) is 7.94. The SMILES string of the molecule is CC(C)C1CCCC(Nc2cc(Cl)ccc2C#N)CC1. The zero-order valence-electron chi connectivity index (χ0n) is 12.3. The van der Waals surface area contributed by atoms with Crippen LogP contribution in [0.15, 0.2) is 18.2 Å². The van der Waals surface area contributed by atoms with Crippen molar-refractivity contribution in [2.45, 2.75) is 52.0 Å². The summed E-state index contributed by atoms with van der Waals surface area (Å²) in [6.45, 7) is 4.65. The van der Waals surface area contributed by atoms with E-state index in [0.717, 1.165) is 17.5 Å². The maximum atomic E-state index is 9.18. The molecule has 0 amide bonds. The first-order chi connectivity index (χ1) is 9.60. The lowest BCUT2D eigenvalue weighted by Crippen LogP contribution is -2.19. The second-order valence-corrected chi connectivity index (χ2v) is 6.59. The smallest absolute Gasteiger partial charge is 0.101 e. The van der Waals surface area contributed by atoms with E-state index in [9.17, 15) is 5.26 Å². The van der Waals surface area contributed by atoms with Gasteiger partial charge in [0.05, 0.1) is 11.3 Å². The van der Waals surface area contributed by atoms with Crippen LogP contribution >= 0.6 is 11.6 Å². The topological polar surface area (TPSA) is 35.8 Å². The number of anilines is 1. The molecule has 0 heterocycles. The third-order valence-electron chi connectivity index (χ3n) is 4.42. The Morgan fingerprint density at radius 3 is 2.75 bits per heavy atom. The Morgan fingerprint density at radius 1 is 1.25 bits per heavy atom. The molecule has 0 bridgehead atoms. The molecule has 1 aromatic rings. The summed E-state index contributed by atoms with van der Waals surface area (Å²) in [6, 6.07) is 8.12. The van der Waals surface area contributed by atoms with E-state index in [1.807, 2.05) is 6.07 Å². The minimum atomic E-state index is 0.462. The summed E-state index contributed by atoms with van der Waals surface area (Å²) in [4.78, 5) is 0. The molecule has 20 heavy (non-hydrogen) atoms. The summed E-state index contributed by atoms with van der Waals surface area (Å²) in [6.07, 6.45) is 6.23. The quantitative estimate of drug-likeness (QED) is 0.774. The Kier molecular flexibility index (Phi) is 5.31. The third kappa shape index (κ3) is 3.90. The molecular weight excluding hydrogens is 268 g/mol. The first-order valence-electron chi connectivity index (χ1n) is 7.56. The molecule has 2 atom stereocenters. The Morgan fingerprint density at radius 2 is 2.05 bits per heavy atom. The monoisotopic (exact) mass is 290 g/mol. The second-order valence-electron chi connectivity index (χ2n) is 6.16. The van der Waals surface area contributed by atoms with Gasteiger partial charge in [-0.1, -0.05) is 38.3 Å². The van der Waals surface area contributed by atoms with E-state index >= 15 is 0 Å². The van der Waals surface area contributed by atoms with Crippen LogP contribution in [0.1, 0.15) is 51.5 Å². The van der Waals surface area contributed by atoms with E-state index in [2.05, 4.69) is 25.2 Å². The number of benzene rings is 1. The molecule has 1 aliphatic carbocycles. The molecule has 1 aliphatic rings. The number of rotatable bonds is 3. The largest absolute Gasteiger partial charge is 0.381 e. The number of hydrogen-bond acceptors (Lipinski definition) is 2. The lowest BCUT2D eigenvalue weighted by molar-refractivity contribution is 0.341. The van der Waals surface area contributed by atoms with Crippen LogP contribution < -0.4 is 5.32 Å². The van der Waals surface area contributed by atoms with E-state index in [0.29, 0.717) is 16.6 Å². The lowest BCUT2D eigenvalue weighted by atomic mass is 9.89. The average Bonchev–Trinajstić information content (AvgIpc) is 2.65. The van der Waals surface area contributed by atoms with Gasteiger partial charge in [0.25, 0.3) is 0 Å². The number of nitrogens with one attached hydrogen (secondary N) is 1. The maximum absolute atomic E-state index is 9.18. The Labute approximate surface area is 127 Å². The number of nitrogens with zero attached hydrogens (tertiary/aromatic N) is 1. The minimum Gasteiger partial charge on any atom is -0.381 e. The highest BCUT2D eigenvalue weighted by Gasteiger charge is 2.21. The molecule has 2 rings (SSSR count). The molecule has 108 valence electrons. The van der Waals surface area contributed by atoms with E-state index < -0.39 is 0 Å². The Hall–Kier alpha value is -1.20. The van der Waals surface area contributed by atoms with Gasteiger partial charge in [-0.05, 0) is 49.3 Å². The molecule has 2 unspecified atom stereocenters. The summed E-state index contributed by atoms with van der Waals surface area (Å²) < 4.78 is 0. The second kappa shape index (κ2) is 6.99. The molecular formula is C17H23ClN2. The average molecular weight is 291 g/mol. The fraction of sp³-hybridized carbons (Fsp3) is 0.588. The van der Waals surface area contributed by atoms with Gasteiger partial charge in [-0.15, -0.1) is 0 Å². The molecule has 1 N–H and O–H groups in total. The summed E-state index contributed by atoms with van der Waals surface area (Å²) in [5.41, 5.74) is 1.56. The first kappa shape index (κ1) is 15.2. The molecule has 0 saturated heterocycles. The standard InChI is InChI=1S/C17H23ClN2/c1-12(2)13-4-3-5-16(9-7-13)20-17-10-15(18)8-6-14(17)11-19/h6,8,10,12-13,16,20H,3-5,7,9H2,1-2H3. The molecule has 3 heteroatoms. The maximum Gasteiger partial charge on any atom is 0.101 e. The summed E-state index contributed by atoms with van der Waals surface area (Å²) in [5.74, 6) is 1.62. The van der Waals surface area contributed by atoms with Gasteiger partial charge >= 0.3 is 0 Å². The lowest BCUT2D eigenvalue weighted by Gasteiger charge is -2.20. The predicted molar refractivity (Wildman–Crippen MR) is 85.0 cm³/mol. The fourth-order valence-electron chi connectivity index (χ4n) is 3.09. The van der Waals surface area contributed by atoms with Crippen LogP contribution in [0.3, 0.4) is 0 Å². The van der Waals surface area contributed by atoms with Crippen molar-refractivity contribution in [3.63, 3.8) is 0 Å².